The van der Waals surface area contributed by atoms with Crippen LogP contribution in [-0.2, 0) is 25.8 Å². The van der Waals surface area contributed by atoms with Gasteiger partial charge in [-0.25, -0.2) is 13.2 Å². The van der Waals surface area contributed by atoms with Crippen LogP contribution in [0, 0.1) is 0 Å². The Hall–Kier alpha value is -2.87. The van der Waals surface area contributed by atoms with Crippen LogP contribution in [0.2, 0.25) is 0 Å². The van der Waals surface area contributed by atoms with Crippen LogP contribution in [0.15, 0.2) is 53.4 Å². The molecule has 0 saturated heterocycles. The van der Waals surface area contributed by atoms with Gasteiger partial charge in [-0.2, -0.15) is 0 Å². The summed E-state index contributed by atoms with van der Waals surface area (Å²) < 4.78 is 34.6. The Labute approximate surface area is 170 Å². The number of benzene rings is 2. The smallest absolute Gasteiger partial charge is 0.340 e. The van der Waals surface area contributed by atoms with E-state index < -0.39 is 27.8 Å². The zero-order chi connectivity index (χ0) is 21.4. The molecule has 0 aliphatic heterocycles. The third-order valence-electron chi connectivity index (χ3n) is 4.35. The lowest BCUT2D eigenvalue weighted by Gasteiger charge is -2.15. The lowest BCUT2D eigenvalue weighted by atomic mass is 10.1. The van der Waals surface area contributed by atoms with Crippen LogP contribution in [0.3, 0.4) is 0 Å². The Kier molecular flexibility index (Phi) is 7.78. The minimum absolute atomic E-state index is 0.0766. The van der Waals surface area contributed by atoms with Gasteiger partial charge in [-0.05, 0) is 43.2 Å². The topological polar surface area (TPSA) is 98.8 Å². The monoisotopic (exact) mass is 419 g/mol. The second kappa shape index (κ2) is 10.1. The fourth-order valence-electron chi connectivity index (χ4n) is 2.61. The van der Waals surface area contributed by atoms with E-state index in [4.69, 9.17) is 9.47 Å². The number of hydrogen-bond donors (Lipinski definition) is 1. The Morgan fingerprint density at radius 3 is 2.34 bits per heavy atom. The normalized spacial score (nSPS) is 12.1. The first-order valence-corrected chi connectivity index (χ1v) is 10.9. The van der Waals surface area contributed by atoms with Crippen LogP contribution in [0.4, 0.5) is 0 Å². The molecule has 0 bridgehead atoms. The first-order chi connectivity index (χ1) is 13.8. The van der Waals surface area contributed by atoms with E-state index in [1.54, 1.807) is 13.2 Å². The van der Waals surface area contributed by atoms with Gasteiger partial charge < -0.3 is 14.8 Å². The molecule has 1 N–H and O–H groups in total. The first-order valence-electron chi connectivity index (χ1n) is 9.22. The highest BCUT2D eigenvalue weighted by Gasteiger charge is 2.24. The van der Waals surface area contributed by atoms with Gasteiger partial charge in [0.25, 0.3) is 5.91 Å². The van der Waals surface area contributed by atoms with Crippen molar-refractivity contribution in [1.29, 1.82) is 0 Å². The van der Waals surface area contributed by atoms with Crippen molar-refractivity contribution in [2.45, 2.75) is 31.3 Å². The fraction of sp³-hybridized carbons (Fsp3) is 0.333. The highest BCUT2D eigenvalue weighted by atomic mass is 32.2. The van der Waals surface area contributed by atoms with E-state index in [9.17, 15) is 18.0 Å². The average molecular weight is 419 g/mol. The van der Waals surface area contributed by atoms with E-state index in [1.165, 1.54) is 32.0 Å². The van der Waals surface area contributed by atoms with E-state index in [1.807, 2.05) is 24.3 Å². The average Bonchev–Trinajstić information content (AvgIpc) is 2.74. The summed E-state index contributed by atoms with van der Waals surface area (Å²) in [7, 11) is -2.00. The van der Waals surface area contributed by atoms with Crippen LogP contribution in [0.5, 0.6) is 5.75 Å². The molecule has 0 aromatic heterocycles. The summed E-state index contributed by atoms with van der Waals surface area (Å²) in [5, 5.41) is 2.71. The Morgan fingerprint density at radius 2 is 1.72 bits per heavy atom. The number of esters is 1. The van der Waals surface area contributed by atoms with Crippen LogP contribution >= 0.6 is 0 Å². The molecule has 29 heavy (non-hydrogen) atoms. The number of methoxy groups -OCH3 is 1. The quantitative estimate of drug-likeness (QED) is 0.627. The van der Waals surface area contributed by atoms with Gasteiger partial charge >= 0.3 is 5.97 Å². The Bertz CT molecular complexity index is 953. The summed E-state index contributed by atoms with van der Waals surface area (Å²) >= 11 is 0. The van der Waals surface area contributed by atoms with Crippen molar-refractivity contribution in [3.63, 3.8) is 0 Å². The zero-order valence-electron chi connectivity index (χ0n) is 16.7. The van der Waals surface area contributed by atoms with Gasteiger partial charge in [0.15, 0.2) is 15.9 Å². The maximum absolute atomic E-state index is 12.4. The number of carbonyl (C=O) groups is 2. The van der Waals surface area contributed by atoms with Crippen LogP contribution < -0.4 is 10.1 Å². The number of nitrogens with one attached hydrogen (secondary N) is 1. The predicted octanol–water partition coefficient (Wildman–Crippen LogP) is 2.39. The summed E-state index contributed by atoms with van der Waals surface area (Å²) in [6.45, 7) is 3.31. The molecule has 2 aromatic rings. The molecule has 7 nitrogen and oxygen atoms in total. The zero-order valence-corrected chi connectivity index (χ0v) is 17.5. The molecule has 0 unspecified atom stereocenters. The SMILES string of the molecule is CCS(=O)(=O)c1ccccc1C(=O)O[C@@H](C)C(=O)NCCc1ccc(OC)cc1. The van der Waals surface area contributed by atoms with E-state index in [-0.39, 0.29) is 16.2 Å². The van der Waals surface area contributed by atoms with Gasteiger partial charge in [0, 0.05) is 6.54 Å². The minimum atomic E-state index is -3.59. The Balaban J connectivity index is 1.93. The number of rotatable bonds is 9. The number of amides is 1. The van der Waals surface area contributed by atoms with Gasteiger partial charge in [-0.3, -0.25) is 4.79 Å². The lowest BCUT2D eigenvalue weighted by Crippen LogP contribution is -2.37. The van der Waals surface area contributed by atoms with Crippen molar-refractivity contribution in [2.75, 3.05) is 19.4 Å². The van der Waals surface area contributed by atoms with Gasteiger partial charge in [-0.1, -0.05) is 31.2 Å². The summed E-state index contributed by atoms with van der Waals surface area (Å²) in [6.07, 6.45) is -0.454. The number of ether oxygens (including phenoxy) is 2. The minimum Gasteiger partial charge on any atom is -0.497 e. The lowest BCUT2D eigenvalue weighted by molar-refractivity contribution is -0.129. The molecule has 156 valence electrons. The van der Waals surface area contributed by atoms with Gasteiger partial charge in [0.1, 0.15) is 5.75 Å². The second-order valence-electron chi connectivity index (χ2n) is 6.34. The predicted molar refractivity (Wildman–Crippen MR) is 109 cm³/mol. The van der Waals surface area contributed by atoms with E-state index >= 15 is 0 Å². The van der Waals surface area contributed by atoms with E-state index in [0.717, 1.165) is 11.3 Å². The van der Waals surface area contributed by atoms with Crippen LogP contribution in [0.25, 0.3) is 0 Å². The molecular weight excluding hydrogens is 394 g/mol. The molecule has 2 aromatic carbocycles. The van der Waals surface area contributed by atoms with Crippen molar-refractivity contribution in [1.82, 2.24) is 5.32 Å². The number of sulfone groups is 1. The second-order valence-corrected chi connectivity index (χ2v) is 8.58. The largest absolute Gasteiger partial charge is 0.497 e. The molecule has 2 rings (SSSR count). The Morgan fingerprint density at radius 1 is 1.07 bits per heavy atom. The molecule has 0 fully saturated rings. The molecule has 0 radical (unpaired) electrons. The highest BCUT2D eigenvalue weighted by Crippen LogP contribution is 2.18. The van der Waals surface area contributed by atoms with Gasteiger partial charge in [0.05, 0.1) is 23.3 Å². The molecule has 8 heteroatoms. The van der Waals surface area contributed by atoms with Gasteiger partial charge in [-0.15, -0.1) is 0 Å². The molecule has 1 atom stereocenters. The van der Waals surface area contributed by atoms with Crippen molar-refractivity contribution in [3.05, 3.63) is 59.7 Å². The molecule has 0 heterocycles. The summed E-state index contributed by atoms with van der Waals surface area (Å²) in [5.74, 6) is -0.694. The van der Waals surface area contributed by atoms with Gasteiger partial charge in [0.2, 0.25) is 0 Å². The van der Waals surface area contributed by atoms with Crippen LogP contribution in [-0.4, -0.2) is 45.8 Å². The number of hydrogen-bond acceptors (Lipinski definition) is 6. The number of carbonyl (C=O) groups excluding carboxylic acids is 2. The third kappa shape index (κ3) is 6.05. The molecular formula is C21H25NO6S. The summed E-state index contributed by atoms with van der Waals surface area (Å²) in [5.41, 5.74) is 0.946. The van der Waals surface area contributed by atoms with Crippen molar-refractivity contribution < 1.29 is 27.5 Å². The molecule has 0 spiro atoms. The first kappa shape index (κ1) is 22.4. The summed E-state index contributed by atoms with van der Waals surface area (Å²) in [4.78, 5) is 24.5. The van der Waals surface area contributed by atoms with E-state index in [0.29, 0.717) is 13.0 Å². The standard InChI is InChI=1S/C21H25NO6S/c1-4-29(25,26)19-8-6-5-7-18(19)21(24)28-15(2)20(23)22-14-13-16-9-11-17(27-3)12-10-16/h5-12,15H,4,13-14H2,1-3H3,(H,22,23)/t15-/m0/s1. The van der Waals surface area contributed by atoms with Crippen molar-refractivity contribution in [2.24, 2.45) is 0 Å². The molecule has 0 aliphatic rings. The molecule has 0 aliphatic carbocycles. The van der Waals surface area contributed by atoms with Crippen LogP contribution in [0.1, 0.15) is 29.8 Å². The highest BCUT2D eigenvalue weighted by molar-refractivity contribution is 7.91. The maximum atomic E-state index is 12.4. The fourth-order valence-corrected chi connectivity index (χ4v) is 3.69. The van der Waals surface area contributed by atoms with Crippen molar-refractivity contribution in [3.8, 4) is 5.75 Å². The maximum Gasteiger partial charge on any atom is 0.340 e. The van der Waals surface area contributed by atoms with Crippen molar-refractivity contribution >= 4 is 21.7 Å². The van der Waals surface area contributed by atoms with E-state index in [2.05, 4.69) is 5.32 Å². The molecule has 1 amide bonds. The summed E-state index contributed by atoms with van der Waals surface area (Å²) in [6, 6.07) is 13.3. The third-order valence-corrected chi connectivity index (χ3v) is 6.13. The molecule has 0 saturated carbocycles.